The maximum absolute atomic E-state index is 13.8. The lowest BCUT2D eigenvalue weighted by molar-refractivity contribution is -0.152. The van der Waals surface area contributed by atoms with Gasteiger partial charge in [0, 0.05) is 11.6 Å². The quantitative estimate of drug-likeness (QED) is 0.138. The van der Waals surface area contributed by atoms with E-state index in [0.29, 0.717) is 27.5 Å². The lowest BCUT2D eigenvalue weighted by Gasteiger charge is -2.46. The summed E-state index contributed by atoms with van der Waals surface area (Å²) in [5.41, 5.74) is 2.12. The van der Waals surface area contributed by atoms with Crippen LogP contribution in [0.5, 0.6) is 0 Å². The van der Waals surface area contributed by atoms with Gasteiger partial charge in [-0.2, -0.15) is 0 Å². The first-order valence-corrected chi connectivity index (χ1v) is 15.9. The fourth-order valence-corrected chi connectivity index (χ4v) is 6.79. The van der Waals surface area contributed by atoms with E-state index in [2.05, 4.69) is 20.4 Å². The Morgan fingerprint density at radius 3 is 2.41 bits per heavy atom. The topological polar surface area (TPSA) is 174 Å². The van der Waals surface area contributed by atoms with E-state index >= 15 is 0 Å². The normalized spacial score (nSPS) is 16.0. The van der Waals surface area contributed by atoms with Gasteiger partial charge in [0.2, 0.25) is 0 Å². The van der Waals surface area contributed by atoms with Crippen LogP contribution >= 0.6 is 11.6 Å². The summed E-state index contributed by atoms with van der Waals surface area (Å²) in [5.74, 6) is -2.35. The molecule has 15 heteroatoms. The summed E-state index contributed by atoms with van der Waals surface area (Å²) in [6.07, 6.45) is 0. The zero-order valence-electron chi connectivity index (χ0n) is 25.5. The van der Waals surface area contributed by atoms with Gasteiger partial charge in [-0.3, -0.25) is 19.2 Å². The number of benzene rings is 2. The van der Waals surface area contributed by atoms with E-state index in [0.717, 1.165) is 10.5 Å². The van der Waals surface area contributed by atoms with Gasteiger partial charge in [0.1, 0.15) is 41.1 Å². The highest BCUT2D eigenvalue weighted by atomic mass is 35.5. The predicted octanol–water partition coefficient (Wildman–Crippen LogP) is 4.65. The average molecular weight is 668 g/mol. The number of allylic oxidation sites excluding steroid dienone is 1. The molecule has 2 amide bonds. The number of β-lactam (4-membered cyclic amide) rings is 1. The minimum Gasteiger partial charge on any atom is -0.456 e. The second-order valence-corrected chi connectivity index (χ2v) is 13.1. The van der Waals surface area contributed by atoms with E-state index in [1.54, 1.807) is 43.3 Å². The summed E-state index contributed by atoms with van der Waals surface area (Å²) in [6.45, 7) is 7.90. The van der Waals surface area contributed by atoms with Crippen molar-refractivity contribution in [3.63, 3.8) is 0 Å². The molecule has 1 saturated heterocycles. The molecule has 5 rings (SSSR count). The number of anilines is 1. The Balaban J connectivity index is 1.48. The fourth-order valence-electron chi connectivity index (χ4n) is 5.03. The molecule has 1 aliphatic rings. The van der Waals surface area contributed by atoms with Gasteiger partial charge in [0.05, 0.1) is 5.02 Å². The Morgan fingerprint density at radius 2 is 1.76 bits per heavy atom. The summed E-state index contributed by atoms with van der Waals surface area (Å²) < 4.78 is 45.7. The maximum atomic E-state index is 13.8. The zero-order valence-corrected chi connectivity index (χ0v) is 27.0. The van der Waals surface area contributed by atoms with Crippen LogP contribution in [0.15, 0.2) is 74.9 Å². The van der Waals surface area contributed by atoms with Gasteiger partial charge in [-0.05, 0) is 51.8 Å². The van der Waals surface area contributed by atoms with E-state index < -0.39 is 39.2 Å². The summed E-state index contributed by atoms with van der Waals surface area (Å²) in [6, 6.07) is 13.6. The van der Waals surface area contributed by atoms with Gasteiger partial charge in [0.25, 0.3) is 21.8 Å². The lowest BCUT2D eigenvalue weighted by Crippen LogP contribution is -2.73. The van der Waals surface area contributed by atoms with E-state index in [9.17, 15) is 22.8 Å². The SMILES string of the molecule is CC(C)=C(C(=O)OCc1cccc(C)c1)N1C(=O)[C@@H](NC(=O)c2c(-c3ccccc3Cl)noc2C)[C@H]1S(=O)(=O)Nc1cc(C)on1. The molecule has 0 aliphatic carbocycles. The Hall–Kier alpha value is -4.95. The van der Waals surface area contributed by atoms with Crippen molar-refractivity contribution in [3.8, 4) is 11.3 Å². The molecule has 3 heterocycles. The highest BCUT2D eigenvalue weighted by Crippen LogP contribution is 2.35. The summed E-state index contributed by atoms with van der Waals surface area (Å²) in [5, 5.41) is 8.64. The van der Waals surface area contributed by atoms with Crippen LogP contribution in [0.25, 0.3) is 11.3 Å². The standard InChI is InChI=1S/C31H30ClN5O8S/c1-16(2)27(31(40)43-15-20-10-8-9-17(3)13-20)37-29(39)26(30(37)46(41,42)36-23-14-18(4)44-34-23)33-28(38)24-19(5)45-35-25(24)21-11-6-7-12-22(21)32/h6-14,26,30H,15H2,1-5H3,(H,33,38)(H,34,36)/t26-,30-/m1/s1. The first kappa shape index (κ1) is 32.4. The van der Waals surface area contributed by atoms with Crippen LogP contribution < -0.4 is 10.0 Å². The summed E-state index contributed by atoms with van der Waals surface area (Å²) >= 11 is 6.34. The monoisotopic (exact) mass is 667 g/mol. The molecule has 2 aromatic carbocycles. The number of hydrogen-bond acceptors (Lipinski definition) is 10. The van der Waals surface area contributed by atoms with Crippen LogP contribution in [0.2, 0.25) is 5.02 Å². The van der Waals surface area contributed by atoms with Gasteiger partial charge < -0.3 is 19.1 Å². The van der Waals surface area contributed by atoms with Crippen molar-refractivity contribution in [1.82, 2.24) is 20.5 Å². The van der Waals surface area contributed by atoms with E-state index in [4.69, 9.17) is 25.4 Å². The molecule has 240 valence electrons. The Kier molecular flexibility index (Phi) is 9.03. The van der Waals surface area contributed by atoms with E-state index in [-0.39, 0.29) is 35.1 Å². The smallest absolute Gasteiger partial charge is 0.355 e. The number of esters is 1. The molecule has 0 spiro atoms. The first-order valence-electron chi connectivity index (χ1n) is 14.0. The molecule has 1 aliphatic heterocycles. The number of aryl methyl sites for hydroxylation is 3. The summed E-state index contributed by atoms with van der Waals surface area (Å²) in [7, 11) is -4.56. The number of likely N-dealkylation sites (tertiary alicyclic amines) is 1. The molecule has 0 saturated carbocycles. The number of sulfonamides is 1. The molecule has 4 aromatic rings. The molecule has 0 bridgehead atoms. The van der Waals surface area contributed by atoms with Crippen molar-refractivity contribution >= 4 is 45.2 Å². The zero-order chi connectivity index (χ0) is 33.3. The van der Waals surface area contributed by atoms with Crippen LogP contribution in [0, 0.1) is 20.8 Å². The van der Waals surface area contributed by atoms with Crippen molar-refractivity contribution < 1.29 is 36.6 Å². The molecule has 2 atom stereocenters. The number of aromatic nitrogens is 2. The molecule has 1 fully saturated rings. The largest absolute Gasteiger partial charge is 0.456 e. The lowest BCUT2D eigenvalue weighted by atomic mass is 10.0. The second-order valence-electron chi connectivity index (χ2n) is 10.9. The molecule has 0 radical (unpaired) electrons. The Labute approximate surface area is 269 Å². The van der Waals surface area contributed by atoms with Crippen LogP contribution in [-0.4, -0.2) is 52.8 Å². The molecule has 46 heavy (non-hydrogen) atoms. The molecule has 0 unspecified atom stereocenters. The minimum absolute atomic E-state index is 0.0458. The summed E-state index contributed by atoms with van der Waals surface area (Å²) in [4.78, 5) is 41.6. The highest BCUT2D eigenvalue weighted by Gasteiger charge is 2.58. The number of rotatable bonds is 10. The van der Waals surface area contributed by atoms with Gasteiger partial charge in [-0.1, -0.05) is 69.9 Å². The number of hydrogen-bond donors (Lipinski definition) is 2. The van der Waals surface area contributed by atoms with Crippen molar-refractivity contribution in [2.24, 2.45) is 0 Å². The van der Waals surface area contributed by atoms with Crippen molar-refractivity contribution in [1.29, 1.82) is 0 Å². The van der Waals surface area contributed by atoms with E-state index in [1.165, 1.54) is 26.8 Å². The highest BCUT2D eigenvalue weighted by molar-refractivity contribution is 7.93. The maximum Gasteiger partial charge on any atom is 0.355 e. The molecule has 2 aromatic heterocycles. The van der Waals surface area contributed by atoms with Gasteiger partial charge in [0.15, 0.2) is 11.2 Å². The van der Waals surface area contributed by atoms with Gasteiger partial charge >= 0.3 is 5.97 Å². The number of halogens is 1. The Morgan fingerprint density at radius 1 is 1.02 bits per heavy atom. The second kappa shape index (κ2) is 12.8. The molecule has 13 nitrogen and oxygen atoms in total. The van der Waals surface area contributed by atoms with Crippen LogP contribution in [0.3, 0.4) is 0 Å². The number of amides is 2. The van der Waals surface area contributed by atoms with Gasteiger partial charge in [-0.15, -0.1) is 0 Å². The van der Waals surface area contributed by atoms with Crippen molar-refractivity contribution in [2.75, 3.05) is 4.72 Å². The number of ether oxygens (including phenoxy) is 1. The third-order valence-corrected chi connectivity index (χ3v) is 9.04. The van der Waals surface area contributed by atoms with Crippen LogP contribution in [0.1, 0.15) is 46.9 Å². The van der Waals surface area contributed by atoms with Crippen LogP contribution in [-0.2, 0) is 31.0 Å². The average Bonchev–Trinajstić information content (AvgIpc) is 3.58. The number of carbonyl (C=O) groups is 3. The fraction of sp³-hybridized carbons (Fsp3) is 0.258. The molecular weight excluding hydrogens is 638 g/mol. The number of nitrogens with one attached hydrogen (secondary N) is 2. The Bertz CT molecular complexity index is 1980. The third-order valence-electron chi connectivity index (χ3n) is 7.10. The number of carbonyl (C=O) groups excluding carboxylic acids is 3. The molecule has 2 N–H and O–H groups in total. The van der Waals surface area contributed by atoms with Gasteiger partial charge in [-0.25, -0.2) is 13.2 Å². The first-order chi connectivity index (χ1) is 21.8. The minimum atomic E-state index is -4.56. The van der Waals surface area contributed by atoms with Crippen molar-refractivity contribution in [3.05, 3.63) is 99.1 Å². The van der Waals surface area contributed by atoms with Crippen molar-refractivity contribution in [2.45, 2.75) is 52.6 Å². The molecular formula is C31H30ClN5O8S. The third kappa shape index (κ3) is 6.39. The van der Waals surface area contributed by atoms with E-state index in [1.807, 2.05) is 19.1 Å². The predicted molar refractivity (Wildman–Crippen MR) is 167 cm³/mol. The van der Waals surface area contributed by atoms with Crippen LogP contribution in [0.4, 0.5) is 5.82 Å². The number of nitrogens with zero attached hydrogens (tertiary/aromatic N) is 3.